The molecule has 3 rings (SSSR count). The van der Waals surface area contributed by atoms with Crippen molar-refractivity contribution in [3.05, 3.63) is 18.0 Å². The minimum absolute atomic E-state index is 0.0956. The predicted molar refractivity (Wildman–Crippen MR) is 62.9 cm³/mol. The molecule has 0 unspecified atom stereocenters. The summed E-state index contributed by atoms with van der Waals surface area (Å²) in [5.41, 5.74) is 0.503. The molecule has 18 heavy (non-hydrogen) atoms. The summed E-state index contributed by atoms with van der Waals surface area (Å²) >= 11 is 0. The van der Waals surface area contributed by atoms with Crippen molar-refractivity contribution in [1.29, 1.82) is 0 Å². The molecule has 1 aliphatic carbocycles. The molecular weight excluding hydrogens is 234 g/mol. The molecule has 2 fully saturated rings. The average Bonchev–Trinajstić information content (AvgIpc) is 3.04. The zero-order chi connectivity index (χ0) is 12.4. The highest BCUT2D eigenvalue weighted by atomic mass is 16.7. The van der Waals surface area contributed by atoms with Gasteiger partial charge in [0.15, 0.2) is 5.79 Å². The molecule has 2 heterocycles. The van der Waals surface area contributed by atoms with E-state index in [9.17, 15) is 4.79 Å². The van der Waals surface area contributed by atoms with Gasteiger partial charge in [-0.05, 0) is 18.9 Å². The van der Waals surface area contributed by atoms with Gasteiger partial charge in [-0.2, -0.15) is 5.10 Å². The molecule has 1 aliphatic heterocycles. The fourth-order valence-electron chi connectivity index (χ4n) is 2.63. The normalized spacial score (nSPS) is 23.3. The van der Waals surface area contributed by atoms with Gasteiger partial charge in [-0.15, -0.1) is 0 Å². The number of nitrogens with zero attached hydrogens (tertiary/aromatic N) is 1. The van der Waals surface area contributed by atoms with E-state index < -0.39 is 0 Å². The molecule has 0 radical (unpaired) electrons. The number of rotatable bonds is 2. The van der Waals surface area contributed by atoms with Crippen molar-refractivity contribution in [1.82, 2.24) is 15.5 Å². The quantitative estimate of drug-likeness (QED) is 0.816. The molecular formula is C12H17N3O3. The Labute approximate surface area is 105 Å². The van der Waals surface area contributed by atoms with Gasteiger partial charge in [0.1, 0.15) is 5.69 Å². The smallest absolute Gasteiger partial charge is 0.269 e. The summed E-state index contributed by atoms with van der Waals surface area (Å²) in [6, 6.07) is 1.86. The summed E-state index contributed by atoms with van der Waals surface area (Å²) in [6.45, 7) is 1.37. The molecule has 98 valence electrons. The molecule has 1 amide bonds. The number of H-pyrrole nitrogens is 1. The molecule has 2 aliphatic rings. The Hall–Kier alpha value is -1.40. The molecule has 6 heteroatoms. The first-order valence-corrected chi connectivity index (χ1v) is 6.36. The highest BCUT2D eigenvalue weighted by Crippen LogP contribution is 2.35. The Balaban J connectivity index is 1.52. The van der Waals surface area contributed by atoms with Crippen molar-refractivity contribution in [2.24, 2.45) is 0 Å². The van der Waals surface area contributed by atoms with E-state index in [4.69, 9.17) is 9.47 Å². The van der Waals surface area contributed by atoms with Crippen molar-refractivity contribution in [2.45, 2.75) is 37.5 Å². The molecule has 1 aromatic heterocycles. The number of carbonyl (C=O) groups excluding carboxylic acids is 1. The predicted octanol–water partition coefficient (Wildman–Crippen LogP) is 0.825. The van der Waals surface area contributed by atoms with E-state index in [1.54, 1.807) is 12.3 Å². The Morgan fingerprint density at radius 1 is 1.39 bits per heavy atom. The molecule has 6 nitrogen and oxygen atoms in total. The second-order valence-electron chi connectivity index (χ2n) is 4.83. The molecule has 1 spiro atoms. The van der Waals surface area contributed by atoms with Gasteiger partial charge in [-0.1, -0.05) is 0 Å². The first-order chi connectivity index (χ1) is 8.77. The van der Waals surface area contributed by atoms with Gasteiger partial charge in [-0.25, -0.2) is 0 Å². The third-order valence-electron chi connectivity index (χ3n) is 3.64. The maximum Gasteiger partial charge on any atom is 0.269 e. The van der Waals surface area contributed by atoms with Crippen LogP contribution >= 0.6 is 0 Å². The standard InChI is InChI=1S/C12H17N3O3/c16-11(10-3-6-13-15-10)14-9-1-4-12(5-2-9)17-7-8-18-12/h3,6,9H,1-2,4-5,7-8H2,(H,13,15)(H,14,16). The number of aromatic nitrogens is 2. The average molecular weight is 251 g/mol. The first-order valence-electron chi connectivity index (χ1n) is 6.36. The van der Waals surface area contributed by atoms with Crippen LogP contribution in [0.3, 0.4) is 0 Å². The van der Waals surface area contributed by atoms with Gasteiger partial charge in [0.2, 0.25) is 0 Å². The number of nitrogens with one attached hydrogen (secondary N) is 2. The van der Waals surface area contributed by atoms with E-state index in [0.29, 0.717) is 18.9 Å². The molecule has 1 saturated carbocycles. The van der Waals surface area contributed by atoms with E-state index in [1.165, 1.54) is 0 Å². The topological polar surface area (TPSA) is 76.2 Å². The van der Waals surface area contributed by atoms with Crippen LogP contribution in [0.2, 0.25) is 0 Å². The molecule has 0 aromatic carbocycles. The summed E-state index contributed by atoms with van der Waals surface area (Å²) in [6.07, 6.45) is 5.05. The fraction of sp³-hybridized carbons (Fsp3) is 0.667. The largest absolute Gasteiger partial charge is 0.348 e. The summed E-state index contributed by atoms with van der Waals surface area (Å²) < 4.78 is 11.3. The van der Waals surface area contributed by atoms with Crippen LogP contribution in [0.4, 0.5) is 0 Å². The number of aromatic amines is 1. The maximum atomic E-state index is 11.8. The van der Waals surface area contributed by atoms with Crippen LogP contribution < -0.4 is 5.32 Å². The van der Waals surface area contributed by atoms with E-state index in [1.807, 2.05) is 0 Å². The molecule has 1 aromatic rings. The fourth-order valence-corrected chi connectivity index (χ4v) is 2.63. The van der Waals surface area contributed by atoms with E-state index >= 15 is 0 Å². The third kappa shape index (κ3) is 2.26. The third-order valence-corrected chi connectivity index (χ3v) is 3.64. The second-order valence-corrected chi connectivity index (χ2v) is 4.83. The SMILES string of the molecule is O=C(NC1CCC2(CC1)OCCO2)c1ccn[nH]1. The molecule has 0 bridgehead atoms. The minimum atomic E-state index is -0.366. The number of hydrogen-bond donors (Lipinski definition) is 2. The van der Waals surface area contributed by atoms with Gasteiger partial charge >= 0.3 is 0 Å². The number of ether oxygens (including phenoxy) is 2. The van der Waals surface area contributed by atoms with Gasteiger partial charge in [-0.3, -0.25) is 9.89 Å². The van der Waals surface area contributed by atoms with E-state index in [0.717, 1.165) is 25.7 Å². The Bertz CT molecular complexity index is 402. The van der Waals surface area contributed by atoms with Gasteiger partial charge < -0.3 is 14.8 Å². The van der Waals surface area contributed by atoms with Crippen molar-refractivity contribution in [3.8, 4) is 0 Å². The van der Waals surface area contributed by atoms with Gasteiger partial charge in [0.05, 0.1) is 13.2 Å². The summed E-state index contributed by atoms with van der Waals surface area (Å²) in [7, 11) is 0. The zero-order valence-electron chi connectivity index (χ0n) is 10.1. The zero-order valence-corrected chi connectivity index (χ0v) is 10.1. The van der Waals surface area contributed by atoms with Crippen molar-refractivity contribution in [3.63, 3.8) is 0 Å². The van der Waals surface area contributed by atoms with Crippen LogP contribution in [0.1, 0.15) is 36.2 Å². The minimum Gasteiger partial charge on any atom is -0.348 e. The molecule has 0 atom stereocenters. The van der Waals surface area contributed by atoms with Crippen LogP contribution in [0.15, 0.2) is 12.3 Å². The number of carbonyl (C=O) groups is 1. The van der Waals surface area contributed by atoms with Crippen molar-refractivity contribution in [2.75, 3.05) is 13.2 Å². The summed E-state index contributed by atoms with van der Waals surface area (Å²) in [5, 5.41) is 9.44. The second kappa shape index (κ2) is 4.70. The Morgan fingerprint density at radius 2 is 2.11 bits per heavy atom. The van der Waals surface area contributed by atoms with E-state index in [2.05, 4.69) is 15.5 Å². The van der Waals surface area contributed by atoms with Crippen LogP contribution in [-0.4, -0.2) is 41.1 Å². The van der Waals surface area contributed by atoms with Crippen LogP contribution in [0.5, 0.6) is 0 Å². The van der Waals surface area contributed by atoms with Crippen LogP contribution in [0.25, 0.3) is 0 Å². The van der Waals surface area contributed by atoms with Crippen molar-refractivity contribution < 1.29 is 14.3 Å². The molecule has 2 N–H and O–H groups in total. The lowest BCUT2D eigenvalue weighted by Crippen LogP contribution is -2.44. The number of amides is 1. The first kappa shape index (κ1) is 11.7. The molecule has 1 saturated heterocycles. The summed E-state index contributed by atoms with van der Waals surface area (Å²) in [5.74, 6) is -0.461. The summed E-state index contributed by atoms with van der Waals surface area (Å²) in [4.78, 5) is 11.8. The van der Waals surface area contributed by atoms with E-state index in [-0.39, 0.29) is 17.7 Å². The monoisotopic (exact) mass is 251 g/mol. The van der Waals surface area contributed by atoms with Gasteiger partial charge in [0.25, 0.3) is 5.91 Å². The highest BCUT2D eigenvalue weighted by molar-refractivity contribution is 5.92. The maximum absolute atomic E-state index is 11.8. The lowest BCUT2D eigenvalue weighted by molar-refractivity contribution is -0.179. The lowest BCUT2D eigenvalue weighted by atomic mass is 9.90. The van der Waals surface area contributed by atoms with Gasteiger partial charge in [0, 0.05) is 25.1 Å². The Morgan fingerprint density at radius 3 is 2.72 bits per heavy atom. The number of hydrogen-bond acceptors (Lipinski definition) is 4. The van der Waals surface area contributed by atoms with Crippen LogP contribution in [-0.2, 0) is 9.47 Å². The highest BCUT2D eigenvalue weighted by Gasteiger charge is 2.40. The Kier molecular flexibility index (Phi) is 3.05. The lowest BCUT2D eigenvalue weighted by Gasteiger charge is -2.35. The van der Waals surface area contributed by atoms with Crippen LogP contribution in [0, 0.1) is 0 Å². The van der Waals surface area contributed by atoms with Crippen molar-refractivity contribution >= 4 is 5.91 Å².